The molecule has 1 heterocycles. The van der Waals surface area contributed by atoms with E-state index in [4.69, 9.17) is 0 Å². The number of amides is 1. The number of rotatable bonds is 5. The lowest BCUT2D eigenvalue weighted by Gasteiger charge is -2.34. The maximum atomic E-state index is 12.8. The number of carboxylic acid groups (broad SMARTS) is 1. The van der Waals surface area contributed by atoms with Crippen LogP contribution in [0.3, 0.4) is 0 Å². The van der Waals surface area contributed by atoms with Crippen molar-refractivity contribution in [2.75, 3.05) is 11.5 Å². The van der Waals surface area contributed by atoms with Gasteiger partial charge in [0.2, 0.25) is 5.91 Å². The molecule has 1 atom stereocenters. The molecule has 4 nitrogen and oxygen atoms in total. The summed E-state index contributed by atoms with van der Waals surface area (Å²) in [6.45, 7) is 1.65. The Labute approximate surface area is 148 Å². The predicted molar refractivity (Wildman–Crippen MR) is 89.5 cm³/mol. The summed E-state index contributed by atoms with van der Waals surface area (Å²) in [5.41, 5.74) is -1.63. The van der Waals surface area contributed by atoms with Crippen molar-refractivity contribution in [2.45, 2.75) is 43.8 Å². The van der Waals surface area contributed by atoms with Crippen molar-refractivity contribution in [2.24, 2.45) is 0 Å². The summed E-state index contributed by atoms with van der Waals surface area (Å²) in [5, 5.41) is 12.1. The van der Waals surface area contributed by atoms with Crippen LogP contribution in [0, 0.1) is 0 Å². The highest BCUT2D eigenvalue weighted by Crippen LogP contribution is 2.32. The lowest BCUT2D eigenvalue weighted by atomic mass is 9.90. The number of benzene rings is 1. The molecule has 0 saturated carbocycles. The summed E-state index contributed by atoms with van der Waals surface area (Å²) in [4.78, 5) is 23.9. The van der Waals surface area contributed by atoms with Crippen molar-refractivity contribution in [3.8, 4) is 0 Å². The van der Waals surface area contributed by atoms with Crippen LogP contribution in [0.15, 0.2) is 24.3 Å². The molecular formula is C17H20F3NO3S. The third-order valence-corrected chi connectivity index (χ3v) is 5.39. The van der Waals surface area contributed by atoms with Gasteiger partial charge in [0.25, 0.3) is 0 Å². The number of nitrogens with one attached hydrogen (secondary N) is 1. The first kappa shape index (κ1) is 19.6. The molecule has 1 unspecified atom stereocenters. The van der Waals surface area contributed by atoms with Crippen LogP contribution in [0.25, 0.3) is 0 Å². The monoisotopic (exact) mass is 375 g/mol. The Morgan fingerprint density at radius 2 is 1.96 bits per heavy atom. The fourth-order valence-corrected chi connectivity index (χ4v) is 4.04. The minimum atomic E-state index is -4.44. The van der Waals surface area contributed by atoms with Crippen molar-refractivity contribution in [3.05, 3.63) is 35.4 Å². The van der Waals surface area contributed by atoms with E-state index in [1.165, 1.54) is 12.1 Å². The highest BCUT2D eigenvalue weighted by Gasteiger charge is 2.41. The Morgan fingerprint density at radius 1 is 1.32 bits per heavy atom. The van der Waals surface area contributed by atoms with Crippen molar-refractivity contribution >= 4 is 23.6 Å². The molecule has 1 saturated heterocycles. The number of carbonyl (C=O) groups is 2. The molecular weight excluding hydrogens is 355 g/mol. The maximum Gasteiger partial charge on any atom is 0.416 e. The third-order valence-electron chi connectivity index (χ3n) is 4.41. The minimum Gasteiger partial charge on any atom is -0.480 e. The van der Waals surface area contributed by atoms with Crippen LogP contribution in [-0.4, -0.2) is 34.0 Å². The average molecular weight is 375 g/mol. The molecule has 1 aromatic carbocycles. The zero-order chi connectivity index (χ0) is 18.7. The first-order valence-electron chi connectivity index (χ1n) is 7.93. The van der Waals surface area contributed by atoms with Gasteiger partial charge in [0.1, 0.15) is 5.54 Å². The molecule has 1 fully saturated rings. The zero-order valence-electron chi connectivity index (χ0n) is 13.7. The van der Waals surface area contributed by atoms with Crippen LogP contribution in [0.2, 0.25) is 0 Å². The van der Waals surface area contributed by atoms with Gasteiger partial charge < -0.3 is 10.4 Å². The number of hydrogen-bond donors (Lipinski definition) is 2. The lowest BCUT2D eigenvalue weighted by Crippen LogP contribution is -2.56. The highest BCUT2D eigenvalue weighted by atomic mass is 32.2. The van der Waals surface area contributed by atoms with Gasteiger partial charge in [0.05, 0.1) is 5.56 Å². The van der Waals surface area contributed by atoms with E-state index < -0.39 is 35.1 Å². The number of hydrogen-bond acceptors (Lipinski definition) is 3. The van der Waals surface area contributed by atoms with Gasteiger partial charge in [-0.3, -0.25) is 4.79 Å². The van der Waals surface area contributed by atoms with Crippen LogP contribution in [0.4, 0.5) is 13.2 Å². The van der Waals surface area contributed by atoms with Crippen LogP contribution in [0.5, 0.6) is 0 Å². The molecule has 1 aliphatic rings. The molecule has 0 aliphatic carbocycles. The van der Waals surface area contributed by atoms with Gasteiger partial charge in [-0.2, -0.15) is 24.9 Å². The molecule has 138 valence electrons. The quantitative estimate of drug-likeness (QED) is 0.824. The van der Waals surface area contributed by atoms with E-state index >= 15 is 0 Å². The summed E-state index contributed by atoms with van der Waals surface area (Å²) < 4.78 is 38.4. The van der Waals surface area contributed by atoms with E-state index in [2.05, 4.69) is 5.32 Å². The van der Waals surface area contributed by atoms with E-state index in [9.17, 15) is 27.9 Å². The number of carbonyl (C=O) groups excluding carboxylic acids is 1. The van der Waals surface area contributed by atoms with Gasteiger partial charge in [0.15, 0.2) is 0 Å². The second-order valence-electron chi connectivity index (χ2n) is 6.28. The number of aliphatic carboxylic acids is 1. The summed E-state index contributed by atoms with van der Waals surface area (Å²) >= 11 is 1.64. The predicted octanol–water partition coefficient (Wildman–Crippen LogP) is 3.67. The van der Waals surface area contributed by atoms with Crippen LogP contribution in [0.1, 0.15) is 43.2 Å². The van der Waals surface area contributed by atoms with Gasteiger partial charge in [0, 0.05) is 6.42 Å². The van der Waals surface area contributed by atoms with Gasteiger partial charge >= 0.3 is 12.1 Å². The second kappa shape index (κ2) is 7.68. The highest BCUT2D eigenvalue weighted by molar-refractivity contribution is 7.99. The summed E-state index contributed by atoms with van der Waals surface area (Å²) in [5.74, 6) is -0.677. The number of alkyl halides is 3. The molecule has 0 bridgehead atoms. The molecule has 1 aromatic rings. The summed E-state index contributed by atoms with van der Waals surface area (Å²) in [6.07, 6.45) is -3.82. The Bertz CT molecular complexity index is 642. The topological polar surface area (TPSA) is 66.4 Å². The molecule has 8 heteroatoms. The number of thioether (sulfide) groups is 1. The average Bonchev–Trinajstić information content (AvgIpc) is 2.54. The maximum absolute atomic E-state index is 12.8. The standard InChI is InChI=1S/C17H20F3NO3S/c1-11(12-3-2-4-13(10-12)17(18,19)20)9-14(22)21-16(15(23)24)5-7-25-8-6-16/h2-4,10-11H,5-9H2,1H3,(H,21,22)(H,23,24). The first-order chi connectivity index (χ1) is 11.6. The first-order valence-corrected chi connectivity index (χ1v) is 9.09. The Balaban J connectivity index is 2.06. The van der Waals surface area contributed by atoms with Crippen molar-refractivity contribution in [1.29, 1.82) is 0 Å². The Morgan fingerprint density at radius 3 is 2.52 bits per heavy atom. The van der Waals surface area contributed by atoms with Gasteiger partial charge in [-0.15, -0.1) is 0 Å². The van der Waals surface area contributed by atoms with E-state index in [1.54, 1.807) is 18.7 Å². The smallest absolute Gasteiger partial charge is 0.416 e. The van der Waals surface area contributed by atoms with Crippen LogP contribution < -0.4 is 5.32 Å². The summed E-state index contributed by atoms with van der Waals surface area (Å²) in [7, 11) is 0. The number of halogens is 3. The van der Waals surface area contributed by atoms with E-state index in [-0.39, 0.29) is 6.42 Å². The Kier molecular flexibility index (Phi) is 6.03. The lowest BCUT2D eigenvalue weighted by molar-refractivity contribution is -0.148. The molecule has 2 rings (SSSR count). The van der Waals surface area contributed by atoms with Crippen molar-refractivity contribution in [3.63, 3.8) is 0 Å². The molecule has 0 spiro atoms. The summed E-state index contributed by atoms with van der Waals surface area (Å²) in [6, 6.07) is 4.86. The van der Waals surface area contributed by atoms with Crippen molar-refractivity contribution in [1.82, 2.24) is 5.32 Å². The largest absolute Gasteiger partial charge is 0.480 e. The van der Waals surface area contributed by atoms with Gasteiger partial charge in [-0.05, 0) is 41.9 Å². The second-order valence-corrected chi connectivity index (χ2v) is 7.50. The normalized spacial score (nSPS) is 18.4. The van der Waals surface area contributed by atoms with Crippen molar-refractivity contribution < 1.29 is 27.9 Å². The fraction of sp³-hybridized carbons (Fsp3) is 0.529. The van der Waals surface area contributed by atoms with E-state index in [1.807, 2.05) is 0 Å². The van der Waals surface area contributed by atoms with Crippen LogP contribution >= 0.6 is 11.8 Å². The van der Waals surface area contributed by atoms with E-state index in [0.29, 0.717) is 29.9 Å². The fourth-order valence-electron chi connectivity index (χ4n) is 2.85. The van der Waals surface area contributed by atoms with E-state index in [0.717, 1.165) is 12.1 Å². The van der Waals surface area contributed by atoms with Gasteiger partial charge in [-0.25, -0.2) is 4.79 Å². The zero-order valence-corrected chi connectivity index (χ0v) is 14.5. The number of carboxylic acids is 1. The minimum absolute atomic E-state index is 0.0660. The molecule has 0 radical (unpaired) electrons. The van der Waals surface area contributed by atoms with Crippen LogP contribution in [-0.2, 0) is 15.8 Å². The molecule has 1 amide bonds. The molecule has 1 aliphatic heterocycles. The SMILES string of the molecule is CC(CC(=O)NC1(C(=O)O)CCSCC1)c1cccc(C(F)(F)F)c1. The third kappa shape index (κ3) is 4.90. The van der Waals surface area contributed by atoms with Gasteiger partial charge in [-0.1, -0.05) is 25.1 Å². The molecule has 2 N–H and O–H groups in total. The Hall–Kier alpha value is -1.70. The molecule has 0 aromatic heterocycles. The molecule has 25 heavy (non-hydrogen) atoms.